The van der Waals surface area contributed by atoms with E-state index in [2.05, 4.69) is 16.0 Å². The Kier molecular flexibility index (Phi) is 5.81. The lowest BCUT2D eigenvalue weighted by atomic mass is 10.1. The van der Waals surface area contributed by atoms with Crippen LogP contribution < -0.4 is 16.0 Å². The Morgan fingerprint density at radius 3 is 2.63 bits per heavy atom. The summed E-state index contributed by atoms with van der Waals surface area (Å²) in [5, 5.41) is 17.3. The van der Waals surface area contributed by atoms with Crippen molar-refractivity contribution in [3.8, 4) is 0 Å². The average molecular weight is 265 g/mol. The number of carbonyl (C=O) groups excluding carboxylic acids is 1. The molecule has 0 bridgehead atoms. The number of hydrogen-bond donors (Lipinski definition) is 4. The number of rotatable bonds is 6. The molecule has 0 aromatic heterocycles. The summed E-state index contributed by atoms with van der Waals surface area (Å²) in [7, 11) is 1.85. The first kappa shape index (κ1) is 15.0. The molecule has 0 aliphatic heterocycles. The van der Waals surface area contributed by atoms with Crippen LogP contribution in [0.1, 0.15) is 22.3 Å². The van der Waals surface area contributed by atoms with Crippen molar-refractivity contribution in [2.75, 3.05) is 25.5 Å². The largest absolute Gasteiger partial charge is 0.478 e. The highest BCUT2D eigenvalue weighted by atomic mass is 16.4. The van der Waals surface area contributed by atoms with Gasteiger partial charge in [-0.15, -0.1) is 0 Å². The molecule has 4 N–H and O–H groups in total. The van der Waals surface area contributed by atoms with Crippen molar-refractivity contribution in [2.45, 2.75) is 13.3 Å². The van der Waals surface area contributed by atoms with Crippen molar-refractivity contribution < 1.29 is 14.7 Å². The highest BCUT2D eigenvalue weighted by Crippen LogP contribution is 2.15. The van der Waals surface area contributed by atoms with Crippen molar-refractivity contribution in [3.05, 3.63) is 29.3 Å². The standard InChI is InChI=1S/C13H19N3O3/c1-9-4-5-10(8-11(9)12(17)18)16-13(19)15-7-3-6-14-2/h4-5,8,14H,3,6-7H2,1-2H3,(H,17,18)(H2,15,16,19). The number of aryl methyl sites for hydroxylation is 1. The first-order valence-electron chi connectivity index (χ1n) is 6.08. The van der Waals surface area contributed by atoms with Gasteiger partial charge in [0, 0.05) is 12.2 Å². The number of anilines is 1. The third kappa shape index (κ3) is 4.97. The predicted molar refractivity (Wildman–Crippen MR) is 73.7 cm³/mol. The third-order valence-electron chi connectivity index (χ3n) is 2.61. The molecule has 0 fully saturated rings. The van der Waals surface area contributed by atoms with E-state index in [-0.39, 0.29) is 11.6 Å². The van der Waals surface area contributed by atoms with Crippen LogP contribution in [0.3, 0.4) is 0 Å². The van der Waals surface area contributed by atoms with Gasteiger partial charge in [-0.25, -0.2) is 9.59 Å². The van der Waals surface area contributed by atoms with Crippen molar-refractivity contribution in [2.24, 2.45) is 0 Å². The molecule has 6 nitrogen and oxygen atoms in total. The fraction of sp³-hybridized carbons (Fsp3) is 0.385. The molecule has 19 heavy (non-hydrogen) atoms. The molecule has 0 aliphatic carbocycles. The molecule has 2 amide bonds. The Hall–Kier alpha value is -2.08. The van der Waals surface area contributed by atoms with Crippen LogP contribution in [0.5, 0.6) is 0 Å². The van der Waals surface area contributed by atoms with Gasteiger partial charge in [-0.3, -0.25) is 0 Å². The minimum Gasteiger partial charge on any atom is -0.478 e. The van der Waals surface area contributed by atoms with Gasteiger partial charge in [-0.1, -0.05) is 6.07 Å². The van der Waals surface area contributed by atoms with Gasteiger partial charge in [0.15, 0.2) is 0 Å². The molecule has 0 heterocycles. The Morgan fingerprint density at radius 1 is 1.26 bits per heavy atom. The van der Waals surface area contributed by atoms with E-state index in [4.69, 9.17) is 5.11 Å². The van der Waals surface area contributed by atoms with E-state index in [1.54, 1.807) is 19.1 Å². The molecule has 0 saturated heterocycles. The van der Waals surface area contributed by atoms with Crippen molar-refractivity contribution in [3.63, 3.8) is 0 Å². The average Bonchev–Trinajstić information content (AvgIpc) is 2.36. The predicted octanol–water partition coefficient (Wildman–Crippen LogP) is 1.42. The quantitative estimate of drug-likeness (QED) is 0.586. The van der Waals surface area contributed by atoms with Gasteiger partial charge in [0.05, 0.1) is 5.56 Å². The second-order valence-electron chi connectivity index (χ2n) is 4.17. The monoisotopic (exact) mass is 265 g/mol. The number of nitrogens with one attached hydrogen (secondary N) is 3. The fourth-order valence-electron chi connectivity index (χ4n) is 1.57. The van der Waals surface area contributed by atoms with Gasteiger partial charge in [0.1, 0.15) is 0 Å². The summed E-state index contributed by atoms with van der Waals surface area (Å²) in [4.78, 5) is 22.5. The summed E-state index contributed by atoms with van der Waals surface area (Å²) < 4.78 is 0. The molecule has 1 aromatic rings. The second kappa shape index (κ2) is 7.38. The number of amides is 2. The summed E-state index contributed by atoms with van der Waals surface area (Å²) in [5.41, 5.74) is 1.31. The van der Waals surface area contributed by atoms with E-state index in [1.165, 1.54) is 6.07 Å². The summed E-state index contributed by atoms with van der Waals surface area (Å²) >= 11 is 0. The molecule has 0 saturated carbocycles. The number of urea groups is 1. The number of carboxylic acid groups (broad SMARTS) is 1. The van der Waals surface area contributed by atoms with Gasteiger partial charge in [0.25, 0.3) is 0 Å². The van der Waals surface area contributed by atoms with Crippen LogP contribution >= 0.6 is 0 Å². The van der Waals surface area contributed by atoms with Crippen LogP contribution in [0.2, 0.25) is 0 Å². The summed E-state index contributed by atoms with van der Waals surface area (Å²) in [6, 6.07) is 4.45. The van der Waals surface area contributed by atoms with E-state index in [1.807, 2.05) is 7.05 Å². The minimum atomic E-state index is -1.00. The summed E-state index contributed by atoms with van der Waals surface area (Å²) in [6.45, 7) is 3.10. The molecule has 0 atom stereocenters. The Morgan fingerprint density at radius 2 is 2.00 bits per heavy atom. The molecule has 6 heteroatoms. The maximum atomic E-state index is 11.6. The van der Waals surface area contributed by atoms with E-state index in [0.29, 0.717) is 17.8 Å². The molecule has 1 aromatic carbocycles. The van der Waals surface area contributed by atoms with E-state index in [9.17, 15) is 9.59 Å². The van der Waals surface area contributed by atoms with Gasteiger partial charge < -0.3 is 21.1 Å². The molecular formula is C13H19N3O3. The van der Waals surface area contributed by atoms with Gasteiger partial charge >= 0.3 is 12.0 Å². The van der Waals surface area contributed by atoms with Crippen LogP contribution in [-0.4, -0.2) is 37.2 Å². The van der Waals surface area contributed by atoms with Crippen LogP contribution in [0.15, 0.2) is 18.2 Å². The van der Waals surface area contributed by atoms with Crippen LogP contribution in [0.25, 0.3) is 0 Å². The number of aromatic carboxylic acids is 1. The maximum absolute atomic E-state index is 11.6. The number of benzene rings is 1. The zero-order chi connectivity index (χ0) is 14.3. The molecule has 0 aliphatic rings. The molecule has 0 spiro atoms. The lowest BCUT2D eigenvalue weighted by Crippen LogP contribution is -2.30. The van der Waals surface area contributed by atoms with Crippen LogP contribution in [-0.2, 0) is 0 Å². The Labute approximate surface area is 112 Å². The Balaban J connectivity index is 2.55. The first-order chi connectivity index (χ1) is 9.04. The SMILES string of the molecule is CNCCCNC(=O)Nc1ccc(C)c(C(=O)O)c1. The van der Waals surface area contributed by atoms with Gasteiger partial charge in [-0.05, 0) is 44.6 Å². The summed E-state index contributed by atoms with van der Waals surface area (Å²) in [5.74, 6) is -1.00. The molecular weight excluding hydrogens is 246 g/mol. The molecule has 0 radical (unpaired) electrons. The smallest absolute Gasteiger partial charge is 0.336 e. The fourth-order valence-corrected chi connectivity index (χ4v) is 1.57. The zero-order valence-electron chi connectivity index (χ0n) is 11.1. The van der Waals surface area contributed by atoms with Crippen molar-refractivity contribution in [1.29, 1.82) is 0 Å². The van der Waals surface area contributed by atoms with Crippen LogP contribution in [0, 0.1) is 6.92 Å². The lowest BCUT2D eigenvalue weighted by molar-refractivity contribution is 0.0696. The third-order valence-corrected chi connectivity index (χ3v) is 2.61. The molecule has 1 rings (SSSR count). The normalized spacial score (nSPS) is 10.0. The topological polar surface area (TPSA) is 90.5 Å². The number of hydrogen-bond acceptors (Lipinski definition) is 3. The van der Waals surface area contributed by atoms with E-state index < -0.39 is 5.97 Å². The molecule has 104 valence electrons. The summed E-state index contributed by atoms with van der Waals surface area (Å²) in [6.07, 6.45) is 0.832. The second-order valence-corrected chi connectivity index (χ2v) is 4.17. The first-order valence-corrected chi connectivity index (χ1v) is 6.08. The Bertz CT molecular complexity index is 460. The van der Waals surface area contributed by atoms with E-state index >= 15 is 0 Å². The lowest BCUT2D eigenvalue weighted by Gasteiger charge is -2.09. The number of carbonyl (C=O) groups is 2. The highest BCUT2D eigenvalue weighted by Gasteiger charge is 2.09. The zero-order valence-corrected chi connectivity index (χ0v) is 11.1. The van der Waals surface area contributed by atoms with Crippen molar-refractivity contribution in [1.82, 2.24) is 10.6 Å². The minimum absolute atomic E-state index is 0.188. The van der Waals surface area contributed by atoms with Crippen LogP contribution in [0.4, 0.5) is 10.5 Å². The highest BCUT2D eigenvalue weighted by molar-refractivity contribution is 5.94. The number of carboxylic acids is 1. The van der Waals surface area contributed by atoms with Gasteiger partial charge in [-0.2, -0.15) is 0 Å². The maximum Gasteiger partial charge on any atom is 0.336 e. The van der Waals surface area contributed by atoms with E-state index in [0.717, 1.165) is 13.0 Å². The van der Waals surface area contributed by atoms with Gasteiger partial charge in [0.2, 0.25) is 0 Å². The molecule has 0 unspecified atom stereocenters. The van der Waals surface area contributed by atoms with Crippen molar-refractivity contribution >= 4 is 17.7 Å².